The molecule has 2 nitrogen and oxygen atoms in total. The fourth-order valence-corrected chi connectivity index (χ4v) is 2.43. The second-order valence-corrected chi connectivity index (χ2v) is 4.79. The molecule has 0 spiro atoms. The highest BCUT2D eigenvalue weighted by Crippen LogP contribution is 2.35. The molecule has 0 radical (unpaired) electrons. The van der Waals surface area contributed by atoms with Crippen LogP contribution in [0.4, 0.5) is 11.4 Å². The van der Waals surface area contributed by atoms with E-state index in [0.717, 1.165) is 27.0 Å². The van der Waals surface area contributed by atoms with E-state index < -0.39 is 0 Å². The van der Waals surface area contributed by atoms with Crippen molar-refractivity contribution in [3.8, 4) is 5.75 Å². The summed E-state index contributed by atoms with van der Waals surface area (Å²) in [6.07, 6.45) is 4.10. The minimum absolute atomic E-state index is 0.267. The summed E-state index contributed by atoms with van der Waals surface area (Å²) in [7, 11) is 0. The molecule has 0 saturated carbocycles. The molecule has 0 atom stereocenters. The van der Waals surface area contributed by atoms with E-state index in [1.165, 1.54) is 0 Å². The zero-order valence-electron chi connectivity index (χ0n) is 8.94. The summed E-state index contributed by atoms with van der Waals surface area (Å²) < 4.78 is 1.05. The normalized spacial score (nSPS) is 12.3. The zero-order chi connectivity index (χ0) is 11.8. The summed E-state index contributed by atoms with van der Waals surface area (Å²) in [6.45, 7) is 0. The molecule has 1 aliphatic rings. The minimum atomic E-state index is 0.267. The Labute approximate surface area is 108 Å². The number of hydrogen-bond donors (Lipinski definition) is 2. The van der Waals surface area contributed by atoms with Gasteiger partial charge in [-0.15, -0.1) is 0 Å². The number of nitrogens with one attached hydrogen (secondary N) is 1. The van der Waals surface area contributed by atoms with Gasteiger partial charge in [0.2, 0.25) is 0 Å². The number of rotatable bonds is 0. The van der Waals surface area contributed by atoms with Crippen molar-refractivity contribution in [2.75, 3.05) is 5.32 Å². The molecule has 0 saturated heterocycles. The maximum absolute atomic E-state index is 9.51. The summed E-state index contributed by atoms with van der Waals surface area (Å²) in [6, 6.07) is 11.3. The molecular formula is C14H10BrNO. The van der Waals surface area contributed by atoms with E-state index in [1.807, 2.05) is 30.3 Å². The number of benzene rings is 2. The number of anilines is 2. The highest BCUT2D eigenvalue weighted by atomic mass is 79.9. The van der Waals surface area contributed by atoms with E-state index in [9.17, 15) is 5.11 Å². The maximum atomic E-state index is 9.51. The molecule has 0 bridgehead atoms. The quantitative estimate of drug-likeness (QED) is 0.643. The van der Waals surface area contributed by atoms with Crippen molar-refractivity contribution < 1.29 is 5.11 Å². The number of fused-ring (bicyclic) bond motifs is 2. The van der Waals surface area contributed by atoms with Crippen molar-refractivity contribution in [1.82, 2.24) is 0 Å². The first-order chi connectivity index (χ1) is 8.24. The third-order valence-corrected chi connectivity index (χ3v) is 3.48. The second kappa shape index (κ2) is 3.93. The molecule has 0 amide bonds. The number of phenolic OH excluding ortho intramolecular Hbond substituents is 1. The van der Waals surface area contributed by atoms with Crippen LogP contribution in [-0.4, -0.2) is 5.11 Å². The monoisotopic (exact) mass is 287 g/mol. The molecule has 84 valence electrons. The molecule has 17 heavy (non-hydrogen) atoms. The molecule has 2 aromatic rings. The number of aromatic hydroxyl groups is 1. The van der Waals surface area contributed by atoms with Gasteiger partial charge in [-0.2, -0.15) is 0 Å². The fourth-order valence-electron chi connectivity index (χ4n) is 1.93. The van der Waals surface area contributed by atoms with Gasteiger partial charge < -0.3 is 10.4 Å². The average Bonchev–Trinajstić information content (AvgIpc) is 2.48. The van der Waals surface area contributed by atoms with Crippen molar-refractivity contribution in [3.63, 3.8) is 0 Å². The molecular weight excluding hydrogens is 278 g/mol. The van der Waals surface area contributed by atoms with Crippen LogP contribution in [0.15, 0.2) is 40.9 Å². The lowest BCUT2D eigenvalue weighted by atomic mass is 10.1. The van der Waals surface area contributed by atoms with Gasteiger partial charge in [-0.3, -0.25) is 0 Å². The van der Waals surface area contributed by atoms with E-state index in [0.29, 0.717) is 0 Å². The van der Waals surface area contributed by atoms with Gasteiger partial charge in [0.25, 0.3) is 0 Å². The minimum Gasteiger partial charge on any atom is -0.508 e. The van der Waals surface area contributed by atoms with E-state index in [4.69, 9.17) is 0 Å². The summed E-state index contributed by atoms with van der Waals surface area (Å²) in [5.41, 5.74) is 4.12. The predicted molar refractivity (Wildman–Crippen MR) is 74.5 cm³/mol. The summed E-state index contributed by atoms with van der Waals surface area (Å²) in [5, 5.41) is 12.8. The lowest BCUT2D eigenvalue weighted by Crippen LogP contribution is -1.93. The standard InChI is InChI=1S/C14H10BrNO/c15-12-2-1-3-13-11(12)7-5-9-4-6-10(17)8-14(9)16-13/h1-8,16-17H. The topological polar surface area (TPSA) is 32.3 Å². The Kier molecular flexibility index (Phi) is 2.41. The Morgan fingerprint density at radius 3 is 2.76 bits per heavy atom. The Morgan fingerprint density at radius 2 is 1.88 bits per heavy atom. The van der Waals surface area contributed by atoms with Gasteiger partial charge in [-0.1, -0.05) is 34.1 Å². The molecule has 2 aromatic carbocycles. The van der Waals surface area contributed by atoms with Crippen LogP contribution in [0.3, 0.4) is 0 Å². The Hall–Kier alpha value is -1.74. The van der Waals surface area contributed by atoms with Crippen molar-refractivity contribution in [3.05, 3.63) is 52.0 Å². The first-order valence-electron chi connectivity index (χ1n) is 5.31. The van der Waals surface area contributed by atoms with Crippen LogP contribution in [0.5, 0.6) is 5.75 Å². The van der Waals surface area contributed by atoms with Crippen LogP contribution in [0.2, 0.25) is 0 Å². The van der Waals surface area contributed by atoms with Crippen molar-refractivity contribution in [2.24, 2.45) is 0 Å². The maximum Gasteiger partial charge on any atom is 0.117 e. The zero-order valence-corrected chi connectivity index (χ0v) is 10.5. The smallest absolute Gasteiger partial charge is 0.117 e. The number of halogens is 1. The third-order valence-electron chi connectivity index (χ3n) is 2.79. The molecule has 2 N–H and O–H groups in total. The summed E-state index contributed by atoms with van der Waals surface area (Å²) in [4.78, 5) is 0. The van der Waals surface area contributed by atoms with Gasteiger partial charge in [-0.25, -0.2) is 0 Å². The predicted octanol–water partition coefficient (Wildman–Crippen LogP) is 4.38. The van der Waals surface area contributed by atoms with Gasteiger partial charge in [0, 0.05) is 27.5 Å². The van der Waals surface area contributed by atoms with Gasteiger partial charge >= 0.3 is 0 Å². The Bertz CT molecular complexity index is 620. The van der Waals surface area contributed by atoms with Gasteiger partial charge in [0.1, 0.15) is 5.75 Å². The molecule has 0 aliphatic carbocycles. The molecule has 0 fully saturated rings. The van der Waals surface area contributed by atoms with Crippen molar-refractivity contribution in [1.29, 1.82) is 0 Å². The van der Waals surface area contributed by atoms with Gasteiger partial charge in [-0.05, 0) is 29.8 Å². The lowest BCUT2D eigenvalue weighted by Gasteiger charge is -2.10. The number of phenols is 1. The molecule has 0 aromatic heterocycles. The van der Waals surface area contributed by atoms with E-state index >= 15 is 0 Å². The van der Waals surface area contributed by atoms with Crippen LogP contribution in [0, 0.1) is 0 Å². The van der Waals surface area contributed by atoms with Gasteiger partial charge in [0.05, 0.1) is 0 Å². The van der Waals surface area contributed by atoms with Crippen molar-refractivity contribution >= 4 is 39.5 Å². The third kappa shape index (κ3) is 1.83. The fraction of sp³-hybridized carbons (Fsp3) is 0. The molecule has 1 heterocycles. The van der Waals surface area contributed by atoms with Crippen LogP contribution >= 0.6 is 15.9 Å². The van der Waals surface area contributed by atoms with Crippen LogP contribution < -0.4 is 5.32 Å². The summed E-state index contributed by atoms with van der Waals surface area (Å²) >= 11 is 3.54. The van der Waals surface area contributed by atoms with E-state index in [-0.39, 0.29) is 5.75 Å². The lowest BCUT2D eigenvalue weighted by molar-refractivity contribution is 0.475. The molecule has 3 heteroatoms. The molecule has 3 rings (SSSR count). The Balaban J connectivity index is 2.20. The average molecular weight is 288 g/mol. The highest BCUT2D eigenvalue weighted by Gasteiger charge is 2.10. The Morgan fingerprint density at radius 1 is 1.00 bits per heavy atom. The molecule has 1 aliphatic heterocycles. The SMILES string of the molecule is Oc1ccc2c(c1)Nc1cccc(Br)c1C=C2. The summed E-state index contributed by atoms with van der Waals surface area (Å²) in [5.74, 6) is 0.267. The van der Waals surface area contributed by atoms with Crippen LogP contribution in [0.25, 0.3) is 12.2 Å². The van der Waals surface area contributed by atoms with Crippen LogP contribution in [-0.2, 0) is 0 Å². The van der Waals surface area contributed by atoms with Crippen LogP contribution in [0.1, 0.15) is 11.1 Å². The first-order valence-corrected chi connectivity index (χ1v) is 6.10. The van der Waals surface area contributed by atoms with Gasteiger partial charge in [0.15, 0.2) is 0 Å². The van der Waals surface area contributed by atoms with E-state index in [2.05, 4.69) is 27.3 Å². The highest BCUT2D eigenvalue weighted by molar-refractivity contribution is 9.10. The number of hydrogen-bond acceptors (Lipinski definition) is 2. The first kappa shape index (κ1) is 10.4. The van der Waals surface area contributed by atoms with Crippen molar-refractivity contribution in [2.45, 2.75) is 0 Å². The van der Waals surface area contributed by atoms with E-state index in [1.54, 1.807) is 12.1 Å². The second-order valence-electron chi connectivity index (χ2n) is 3.93. The molecule has 0 unspecified atom stereocenters. The largest absolute Gasteiger partial charge is 0.508 e.